The smallest absolute Gasteiger partial charge is 0.270 e. The number of aromatic nitrogens is 1. The second-order valence-electron chi connectivity index (χ2n) is 6.19. The molecule has 1 unspecified atom stereocenters. The van der Waals surface area contributed by atoms with Crippen molar-refractivity contribution in [2.75, 3.05) is 26.2 Å². The molecule has 7 heteroatoms. The van der Waals surface area contributed by atoms with Gasteiger partial charge in [-0.3, -0.25) is 9.69 Å². The summed E-state index contributed by atoms with van der Waals surface area (Å²) < 4.78 is 0. The zero-order chi connectivity index (χ0) is 17.6. The number of carbonyl (C=O) groups is 1. The van der Waals surface area contributed by atoms with E-state index in [1.54, 1.807) is 5.38 Å². The predicted octanol–water partition coefficient (Wildman–Crippen LogP) is 2.86. The van der Waals surface area contributed by atoms with Gasteiger partial charge in [0.05, 0.1) is 11.0 Å². The van der Waals surface area contributed by atoms with Gasteiger partial charge in [-0.2, -0.15) is 0 Å². The zero-order valence-electron chi connectivity index (χ0n) is 14.1. The maximum atomic E-state index is 12.4. The van der Waals surface area contributed by atoms with Crippen molar-refractivity contribution in [3.8, 4) is 0 Å². The van der Waals surface area contributed by atoms with Crippen molar-refractivity contribution < 1.29 is 4.79 Å². The fraction of sp³-hybridized carbons (Fsp3) is 0.444. The van der Waals surface area contributed by atoms with Crippen LogP contribution in [0.3, 0.4) is 0 Å². The lowest BCUT2D eigenvalue weighted by molar-refractivity contribution is 0.0933. The van der Waals surface area contributed by atoms with E-state index in [4.69, 9.17) is 17.3 Å². The highest BCUT2D eigenvalue weighted by atomic mass is 35.5. The molecule has 1 atom stereocenters. The van der Waals surface area contributed by atoms with Crippen LogP contribution in [0.15, 0.2) is 29.6 Å². The van der Waals surface area contributed by atoms with Crippen molar-refractivity contribution in [1.82, 2.24) is 15.2 Å². The molecule has 0 radical (unpaired) electrons. The number of benzene rings is 1. The Balaban J connectivity index is 1.68. The lowest BCUT2D eigenvalue weighted by Crippen LogP contribution is -2.37. The number of nitrogens with zero attached hydrogens (tertiary/aromatic N) is 2. The van der Waals surface area contributed by atoms with Crippen LogP contribution >= 0.6 is 22.9 Å². The summed E-state index contributed by atoms with van der Waals surface area (Å²) in [5.74, 6) is -0.134. The van der Waals surface area contributed by atoms with E-state index in [1.807, 2.05) is 18.2 Å². The van der Waals surface area contributed by atoms with Crippen molar-refractivity contribution in [3.63, 3.8) is 0 Å². The number of rotatable bonds is 7. The summed E-state index contributed by atoms with van der Waals surface area (Å²) in [6, 6.07) is 8.02. The average molecular weight is 379 g/mol. The van der Waals surface area contributed by atoms with Crippen molar-refractivity contribution in [3.05, 3.63) is 50.9 Å². The summed E-state index contributed by atoms with van der Waals surface area (Å²) in [7, 11) is 0. The van der Waals surface area contributed by atoms with Gasteiger partial charge in [0.25, 0.3) is 5.91 Å². The molecule has 1 aromatic heterocycles. The first-order valence-electron chi connectivity index (χ1n) is 8.59. The average Bonchev–Trinajstić information content (AvgIpc) is 3.27. The van der Waals surface area contributed by atoms with E-state index in [0.717, 1.165) is 28.7 Å². The minimum Gasteiger partial charge on any atom is -0.349 e. The van der Waals surface area contributed by atoms with Gasteiger partial charge < -0.3 is 11.1 Å². The molecule has 1 aliphatic rings. The molecule has 1 saturated heterocycles. The van der Waals surface area contributed by atoms with E-state index in [0.29, 0.717) is 25.2 Å². The Bertz CT molecular complexity index is 715. The predicted molar refractivity (Wildman–Crippen MR) is 102 cm³/mol. The molecule has 3 N–H and O–H groups in total. The van der Waals surface area contributed by atoms with Crippen LogP contribution in [0.5, 0.6) is 0 Å². The normalized spacial score (nSPS) is 16.1. The maximum absolute atomic E-state index is 12.4. The molecule has 0 spiro atoms. The summed E-state index contributed by atoms with van der Waals surface area (Å²) in [5, 5.41) is 6.46. The van der Waals surface area contributed by atoms with Gasteiger partial charge in [-0.05, 0) is 50.2 Å². The fourth-order valence-corrected chi connectivity index (χ4v) is 4.15. The molecule has 0 saturated carbocycles. The first kappa shape index (κ1) is 18.3. The third kappa shape index (κ3) is 4.79. The van der Waals surface area contributed by atoms with Gasteiger partial charge in [0.2, 0.25) is 0 Å². The lowest BCUT2D eigenvalue weighted by Gasteiger charge is -2.28. The summed E-state index contributed by atoms with van der Waals surface area (Å²) in [4.78, 5) is 19.2. The van der Waals surface area contributed by atoms with E-state index in [-0.39, 0.29) is 11.9 Å². The number of nitrogens with one attached hydrogen (secondary N) is 1. The Hall–Kier alpha value is -1.47. The van der Waals surface area contributed by atoms with Crippen LogP contribution in [-0.4, -0.2) is 42.0 Å². The maximum Gasteiger partial charge on any atom is 0.270 e. The summed E-state index contributed by atoms with van der Waals surface area (Å²) >= 11 is 7.64. The molecule has 134 valence electrons. The number of carbonyl (C=O) groups excluding carboxylic acids is 1. The van der Waals surface area contributed by atoms with Crippen LogP contribution in [0.4, 0.5) is 0 Å². The first-order chi connectivity index (χ1) is 12.2. The summed E-state index contributed by atoms with van der Waals surface area (Å²) in [5.41, 5.74) is 7.15. The topological polar surface area (TPSA) is 71.2 Å². The number of nitrogens with two attached hydrogens (primary N) is 1. The molecule has 1 fully saturated rings. The van der Waals surface area contributed by atoms with Gasteiger partial charge >= 0.3 is 0 Å². The molecule has 5 nitrogen and oxygen atoms in total. The molecule has 2 heterocycles. The molecule has 0 bridgehead atoms. The zero-order valence-corrected chi connectivity index (χ0v) is 15.7. The van der Waals surface area contributed by atoms with Crippen LogP contribution in [0.1, 0.15) is 39.9 Å². The van der Waals surface area contributed by atoms with Gasteiger partial charge in [0.15, 0.2) is 0 Å². The SMILES string of the molecule is NCCc1nc(C(=O)NCC(c2cccc(Cl)c2)N2CCCC2)cs1. The third-order valence-electron chi connectivity index (χ3n) is 4.41. The highest BCUT2D eigenvalue weighted by molar-refractivity contribution is 7.09. The van der Waals surface area contributed by atoms with Crippen LogP contribution in [0.2, 0.25) is 5.02 Å². The molecule has 25 heavy (non-hydrogen) atoms. The number of amides is 1. The number of likely N-dealkylation sites (tertiary alicyclic amines) is 1. The number of hydrogen-bond donors (Lipinski definition) is 2. The van der Waals surface area contributed by atoms with E-state index < -0.39 is 0 Å². The Morgan fingerprint density at radius 3 is 2.92 bits per heavy atom. The molecular weight excluding hydrogens is 356 g/mol. The molecule has 2 aromatic rings. The summed E-state index contributed by atoms with van der Waals surface area (Å²) in [6.45, 7) is 3.18. The third-order valence-corrected chi connectivity index (χ3v) is 5.56. The molecular formula is C18H23ClN4OS. The second kappa shape index (κ2) is 8.76. The standard InChI is InChI=1S/C18H23ClN4OS/c19-14-5-3-4-13(10-14)16(23-8-1-2-9-23)11-21-18(24)15-12-25-17(22-15)6-7-20/h3-5,10,12,16H,1-2,6-9,11,20H2,(H,21,24). The molecule has 3 rings (SSSR count). The van der Waals surface area contributed by atoms with E-state index >= 15 is 0 Å². The quantitative estimate of drug-likeness (QED) is 0.777. The van der Waals surface area contributed by atoms with Gasteiger partial charge in [0, 0.05) is 23.4 Å². The van der Waals surface area contributed by atoms with E-state index in [1.165, 1.54) is 24.2 Å². The first-order valence-corrected chi connectivity index (χ1v) is 9.85. The van der Waals surface area contributed by atoms with Gasteiger partial charge in [-0.25, -0.2) is 4.98 Å². The number of hydrogen-bond acceptors (Lipinski definition) is 5. The highest BCUT2D eigenvalue weighted by Crippen LogP contribution is 2.26. The Morgan fingerprint density at radius 2 is 2.20 bits per heavy atom. The van der Waals surface area contributed by atoms with Crippen LogP contribution in [0, 0.1) is 0 Å². The Labute approximate surface area is 157 Å². The van der Waals surface area contributed by atoms with Crippen molar-refractivity contribution >= 4 is 28.8 Å². The van der Waals surface area contributed by atoms with Crippen molar-refractivity contribution in [1.29, 1.82) is 0 Å². The Morgan fingerprint density at radius 1 is 1.40 bits per heavy atom. The van der Waals surface area contributed by atoms with Gasteiger partial charge in [-0.15, -0.1) is 11.3 Å². The van der Waals surface area contributed by atoms with Crippen LogP contribution in [0.25, 0.3) is 0 Å². The minimum atomic E-state index is -0.134. The van der Waals surface area contributed by atoms with E-state index in [2.05, 4.69) is 21.3 Å². The molecule has 0 aliphatic carbocycles. The fourth-order valence-electron chi connectivity index (χ4n) is 3.16. The largest absolute Gasteiger partial charge is 0.349 e. The second-order valence-corrected chi connectivity index (χ2v) is 7.57. The lowest BCUT2D eigenvalue weighted by atomic mass is 10.1. The Kier molecular flexibility index (Phi) is 6.42. The molecule has 1 amide bonds. The molecule has 1 aliphatic heterocycles. The molecule has 1 aromatic carbocycles. The van der Waals surface area contributed by atoms with Crippen LogP contribution in [-0.2, 0) is 6.42 Å². The van der Waals surface area contributed by atoms with E-state index in [9.17, 15) is 4.79 Å². The monoisotopic (exact) mass is 378 g/mol. The van der Waals surface area contributed by atoms with Gasteiger partial charge in [0.1, 0.15) is 5.69 Å². The minimum absolute atomic E-state index is 0.132. The van der Waals surface area contributed by atoms with Gasteiger partial charge in [-0.1, -0.05) is 23.7 Å². The highest BCUT2D eigenvalue weighted by Gasteiger charge is 2.24. The van der Waals surface area contributed by atoms with Crippen LogP contribution < -0.4 is 11.1 Å². The number of halogens is 1. The summed E-state index contributed by atoms with van der Waals surface area (Å²) in [6.07, 6.45) is 3.09. The van der Waals surface area contributed by atoms with Crippen molar-refractivity contribution in [2.24, 2.45) is 5.73 Å². The van der Waals surface area contributed by atoms with Crippen molar-refractivity contribution in [2.45, 2.75) is 25.3 Å². The number of thiazole rings is 1.